The fraction of sp³-hybridized carbons (Fsp3) is 0.579. The van der Waals surface area contributed by atoms with Gasteiger partial charge in [-0.05, 0) is 43.7 Å². The molecule has 0 radical (unpaired) electrons. The van der Waals surface area contributed by atoms with E-state index in [0.717, 1.165) is 42.0 Å². The molecule has 1 heterocycles. The average molecular weight is 313 g/mol. The lowest BCUT2D eigenvalue weighted by atomic mass is 9.84. The zero-order chi connectivity index (χ0) is 16.2. The number of carbonyl (C=O) groups is 1. The van der Waals surface area contributed by atoms with Crippen molar-refractivity contribution in [2.24, 2.45) is 5.92 Å². The van der Waals surface area contributed by atoms with Gasteiger partial charge in [-0.3, -0.25) is 4.79 Å². The van der Waals surface area contributed by atoms with E-state index in [4.69, 9.17) is 0 Å². The van der Waals surface area contributed by atoms with Crippen LogP contribution in [0.15, 0.2) is 24.3 Å². The molecule has 1 aliphatic rings. The third kappa shape index (κ3) is 3.57. The number of aromatic nitrogens is 2. The monoisotopic (exact) mass is 313 g/mol. The topological polar surface area (TPSA) is 46.9 Å². The van der Waals surface area contributed by atoms with Gasteiger partial charge in [0.05, 0.1) is 11.0 Å². The van der Waals surface area contributed by atoms with Crippen LogP contribution in [0.25, 0.3) is 11.0 Å². The minimum Gasteiger partial charge on any atom is -0.352 e. The molecular formula is C19H27N3O. The van der Waals surface area contributed by atoms with Crippen LogP contribution in [0.5, 0.6) is 0 Å². The van der Waals surface area contributed by atoms with Gasteiger partial charge in [0.1, 0.15) is 12.4 Å². The van der Waals surface area contributed by atoms with Crippen molar-refractivity contribution in [3.8, 4) is 0 Å². The maximum absolute atomic E-state index is 12.5. The number of nitrogens with one attached hydrogen (secondary N) is 1. The second-order valence-corrected chi connectivity index (χ2v) is 6.65. The van der Waals surface area contributed by atoms with Gasteiger partial charge in [-0.2, -0.15) is 0 Å². The molecule has 23 heavy (non-hydrogen) atoms. The maximum Gasteiger partial charge on any atom is 0.240 e. The molecular weight excluding hydrogens is 286 g/mol. The van der Waals surface area contributed by atoms with Gasteiger partial charge in [0.15, 0.2) is 0 Å². The Balaban J connectivity index is 1.66. The van der Waals surface area contributed by atoms with Crippen LogP contribution in [0.4, 0.5) is 0 Å². The largest absolute Gasteiger partial charge is 0.352 e. The first-order valence-electron chi connectivity index (χ1n) is 8.94. The van der Waals surface area contributed by atoms with Gasteiger partial charge >= 0.3 is 0 Å². The predicted octanol–water partition coefficient (Wildman–Crippen LogP) is 3.68. The SMILES string of the molecule is CCc1nc2ccccc2n1CC(=O)NC1CCC(CC)CC1. The first-order valence-corrected chi connectivity index (χ1v) is 8.94. The standard InChI is InChI=1S/C19H27N3O/c1-3-14-9-11-15(12-10-14)20-19(23)13-22-17-8-6-5-7-16(17)21-18(22)4-2/h5-8,14-15H,3-4,9-13H2,1-2H3,(H,20,23). The zero-order valence-electron chi connectivity index (χ0n) is 14.2. The van der Waals surface area contributed by atoms with Crippen LogP contribution in [-0.4, -0.2) is 21.5 Å². The van der Waals surface area contributed by atoms with Crippen molar-refractivity contribution in [2.75, 3.05) is 0 Å². The van der Waals surface area contributed by atoms with Crippen LogP contribution in [0.2, 0.25) is 0 Å². The Labute approximate surface area is 138 Å². The van der Waals surface area contributed by atoms with Gasteiger partial charge in [-0.1, -0.05) is 32.4 Å². The quantitative estimate of drug-likeness (QED) is 0.915. The van der Waals surface area contributed by atoms with Crippen molar-refractivity contribution in [1.82, 2.24) is 14.9 Å². The van der Waals surface area contributed by atoms with E-state index in [1.165, 1.54) is 19.3 Å². The van der Waals surface area contributed by atoms with E-state index in [9.17, 15) is 4.79 Å². The average Bonchev–Trinajstić information content (AvgIpc) is 2.93. The Kier molecular flexibility index (Phi) is 4.99. The van der Waals surface area contributed by atoms with E-state index in [2.05, 4.69) is 28.7 Å². The third-order valence-electron chi connectivity index (χ3n) is 5.14. The van der Waals surface area contributed by atoms with Crippen LogP contribution in [0, 0.1) is 5.92 Å². The summed E-state index contributed by atoms with van der Waals surface area (Å²) in [6.45, 7) is 4.72. The number of amides is 1. The lowest BCUT2D eigenvalue weighted by Gasteiger charge is -2.28. The molecule has 1 fully saturated rings. The van der Waals surface area contributed by atoms with Gasteiger partial charge in [0.25, 0.3) is 0 Å². The van der Waals surface area contributed by atoms with Crippen molar-refractivity contribution in [1.29, 1.82) is 0 Å². The van der Waals surface area contributed by atoms with Gasteiger partial charge in [0, 0.05) is 12.5 Å². The van der Waals surface area contributed by atoms with E-state index in [0.29, 0.717) is 12.6 Å². The summed E-state index contributed by atoms with van der Waals surface area (Å²) in [7, 11) is 0. The summed E-state index contributed by atoms with van der Waals surface area (Å²) in [5, 5.41) is 3.23. The molecule has 0 bridgehead atoms. The molecule has 0 aliphatic heterocycles. The summed E-state index contributed by atoms with van der Waals surface area (Å²) < 4.78 is 2.06. The summed E-state index contributed by atoms with van der Waals surface area (Å²) in [4.78, 5) is 17.1. The Morgan fingerprint density at radius 3 is 2.65 bits per heavy atom. The van der Waals surface area contributed by atoms with Crippen molar-refractivity contribution in [3.63, 3.8) is 0 Å². The summed E-state index contributed by atoms with van der Waals surface area (Å²) in [5.41, 5.74) is 2.02. The summed E-state index contributed by atoms with van der Waals surface area (Å²) in [5.74, 6) is 1.95. The lowest BCUT2D eigenvalue weighted by Crippen LogP contribution is -2.39. The summed E-state index contributed by atoms with van der Waals surface area (Å²) in [6, 6.07) is 8.40. The zero-order valence-corrected chi connectivity index (χ0v) is 14.2. The summed E-state index contributed by atoms with van der Waals surface area (Å²) in [6.07, 6.45) is 6.83. The van der Waals surface area contributed by atoms with Gasteiger partial charge < -0.3 is 9.88 Å². The normalized spacial score (nSPS) is 21.5. The smallest absolute Gasteiger partial charge is 0.240 e. The van der Waals surface area contributed by atoms with E-state index < -0.39 is 0 Å². The van der Waals surface area contributed by atoms with Crippen LogP contribution in [-0.2, 0) is 17.8 Å². The number of fused-ring (bicyclic) bond motifs is 1. The molecule has 0 atom stereocenters. The Morgan fingerprint density at radius 1 is 1.22 bits per heavy atom. The second-order valence-electron chi connectivity index (χ2n) is 6.65. The molecule has 3 rings (SSSR count). The number of nitrogens with zero attached hydrogens (tertiary/aromatic N) is 2. The fourth-order valence-corrected chi connectivity index (χ4v) is 3.70. The fourth-order valence-electron chi connectivity index (χ4n) is 3.70. The predicted molar refractivity (Wildman–Crippen MR) is 93.3 cm³/mol. The van der Waals surface area contributed by atoms with Crippen molar-refractivity contribution >= 4 is 16.9 Å². The molecule has 1 aromatic heterocycles. The number of para-hydroxylation sites is 2. The molecule has 0 unspecified atom stereocenters. The van der Waals surface area contributed by atoms with Gasteiger partial charge in [0.2, 0.25) is 5.91 Å². The molecule has 0 spiro atoms. The molecule has 124 valence electrons. The highest BCUT2D eigenvalue weighted by Crippen LogP contribution is 2.26. The number of hydrogen-bond acceptors (Lipinski definition) is 2. The minimum absolute atomic E-state index is 0.114. The summed E-state index contributed by atoms with van der Waals surface area (Å²) >= 11 is 0. The number of carbonyl (C=O) groups excluding carboxylic acids is 1. The second kappa shape index (κ2) is 7.16. The number of aryl methyl sites for hydroxylation is 1. The van der Waals surface area contributed by atoms with Gasteiger partial charge in [-0.15, -0.1) is 0 Å². The highest BCUT2D eigenvalue weighted by molar-refractivity contribution is 5.81. The molecule has 4 nitrogen and oxygen atoms in total. The number of benzene rings is 1. The Morgan fingerprint density at radius 2 is 1.96 bits per heavy atom. The molecule has 4 heteroatoms. The molecule has 1 aromatic carbocycles. The Hall–Kier alpha value is -1.84. The minimum atomic E-state index is 0.114. The van der Waals surface area contributed by atoms with E-state index in [1.807, 2.05) is 24.3 Å². The van der Waals surface area contributed by atoms with Crippen molar-refractivity contribution in [2.45, 2.75) is 65.0 Å². The Bertz CT molecular complexity index is 668. The molecule has 1 saturated carbocycles. The molecule has 1 N–H and O–H groups in total. The molecule has 2 aromatic rings. The molecule has 1 amide bonds. The van der Waals surface area contributed by atoms with Gasteiger partial charge in [-0.25, -0.2) is 4.98 Å². The van der Waals surface area contributed by atoms with E-state index in [1.54, 1.807) is 0 Å². The van der Waals surface area contributed by atoms with Crippen LogP contribution in [0.3, 0.4) is 0 Å². The lowest BCUT2D eigenvalue weighted by molar-refractivity contribution is -0.122. The number of rotatable bonds is 5. The number of imidazole rings is 1. The third-order valence-corrected chi connectivity index (χ3v) is 5.14. The van der Waals surface area contributed by atoms with Crippen molar-refractivity contribution in [3.05, 3.63) is 30.1 Å². The van der Waals surface area contributed by atoms with Crippen LogP contribution in [0.1, 0.15) is 51.8 Å². The van der Waals surface area contributed by atoms with Crippen LogP contribution >= 0.6 is 0 Å². The molecule has 0 saturated heterocycles. The highest BCUT2D eigenvalue weighted by Gasteiger charge is 2.22. The van der Waals surface area contributed by atoms with E-state index >= 15 is 0 Å². The molecule has 1 aliphatic carbocycles. The van der Waals surface area contributed by atoms with Crippen LogP contribution < -0.4 is 5.32 Å². The van der Waals surface area contributed by atoms with E-state index in [-0.39, 0.29) is 5.91 Å². The first-order chi connectivity index (χ1) is 11.2. The maximum atomic E-state index is 12.5. The first kappa shape index (κ1) is 16.0. The highest BCUT2D eigenvalue weighted by atomic mass is 16.2. The number of hydrogen-bond donors (Lipinski definition) is 1. The van der Waals surface area contributed by atoms with Crippen molar-refractivity contribution < 1.29 is 4.79 Å².